The average molecular weight is 735 g/mol. The summed E-state index contributed by atoms with van der Waals surface area (Å²) in [5.41, 5.74) is 19.6. The number of rotatable bonds is 5. The Bertz CT molecular complexity index is 2770. The van der Waals surface area contributed by atoms with Crippen molar-refractivity contribution in [1.82, 2.24) is 0 Å². The Kier molecular flexibility index (Phi) is 7.32. The van der Waals surface area contributed by atoms with E-state index in [4.69, 9.17) is 0 Å². The lowest BCUT2D eigenvalue weighted by atomic mass is 9.82. The minimum absolute atomic E-state index is 0.101. The fraction of sp³-hybridized carbons (Fsp3) is 0.164. The maximum Gasteiger partial charge on any atom is 0.0649 e. The van der Waals surface area contributed by atoms with Crippen molar-refractivity contribution in [2.75, 3.05) is 16.8 Å². The average Bonchev–Trinajstić information content (AvgIpc) is 3.77. The summed E-state index contributed by atoms with van der Waals surface area (Å²) in [7, 11) is 2.27. The number of hydrogen-bond donors (Lipinski definition) is 0. The first-order chi connectivity index (χ1) is 27.7. The number of anilines is 4. The summed E-state index contributed by atoms with van der Waals surface area (Å²) in [5, 5.41) is 2.62. The Morgan fingerprint density at radius 3 is 1.56 bits per heavy atom. The van der Waals surface area contributed by atoms with Crippen molar-refractivity contribution in [2.24, 2.45) is 0 Å². The van der Waals surface area contributed by atoms with Crippen molar-refractivity contribution in [3.63, 3.8) is 0 Å². The quantitative estimate of drug-likeness (QED) is 0.174. The highest BCUT2D eigenvalue weighted by molar-refractivity contribution is 5.94. The summed E-state index contributed by atoms with van der Waals surface area (Å²) >= 11 is 0. The predicted octanol–water partition coefficient (Wildman–Crippen LogP) is 14.2. The van der Waals surface area contributed by atoms with E-state index >= 15 is 0 Å². The maximum absolute atomic E-state index is 2.50. The molecule has 2 heteroatoms. The molecule has 2 aliphatic carbocycles. The molecule has 1 aliphatic heterocycles. The second-order valence-corrected chi connectivity index (χ2v) is 17.4. The third kappa shape index (κ3) is 4.89. The summed E-state index contributed by atoms with van der Waals surface area (Å²) < 4.78 is 0. The number of fused-ring (bicyclic) bond motifs is 9. The summed E-state index contributed by atoms with van der Waals surface area (Å²) in [4.78, 5) is 4.98. The van der Waals surface area contributed by atoms with Crippen LogP contribution in [0.15, 0.2) is 176 Å². The molecule has 2 unspecified atom stereocenters. The van der Waals surface area contributed by atoms with Crippen molar-refractivity contribution in [3.8, 4) is 22.3 Å². The van der Waals surface area contributed by atoms with Crippen LogP contribution in [0.2, 0.25) is 0 Å². The number of nitrogens with zero attached hydrogens (tertiary/aromatic N) is 2. The molecule has 0 radical (unpaired) electrons. The zero-order valence-corrected chi connectivity index (χ0v) is 33.3. The minimum Gasteiger partial charge on any atom is -0.366 e. The van der Waals surface area contributed by atoms with Crippen LogP contribution in [0.1, 0.15) is 78.6 Å². The Morgan fingerprint density at radius 1 is 0.439 bits per heavy atom. The lowest BCUT2D eigenvalue weighted by Crippen LogP contribution is -2.23. The standard InChI is InChI=1S/C55H46N2/c1-54(2)46-21-13-11-19-42(46)44-30-28-39(33-48(44)54)57(40-29-31-45-43-20-12-14-22-47(43)55(3,4)49(45)34-40)38-26-23-36(24-27-38)51-52-41-18-10-9-15-35(41)25-32-50(52)56(5)53(51)37-16-7-6-8-17-37/h6-34,51,53H,1-5H3. The number of likely N-dealkylation sites (N-methyl/N-ethyl adjacent to an activating group) is 1. The first-order valence-electron chi connectivity index (χ1n) is 20.4. The largest absolute Gasteiger partial charge is 0.366 e. The van der Waals surface area contributed by atoms with Gasteiger partial charge >= 0.3 is 0 Å². The molecule has 0 amide bonds. The summed E-state index contributed by atoms with van der Waals surface area (Å²) in [6.07, 6.45) is 0. The highest BCUT2D eigenvalue weighted by Crippen LogP contribution is 2.56. The third-order valence-electron chi connectivity index (χ3n) is 13.7. The van der Waals surface area contributed by atoms with Gasteiger partial charge < -0.3 is 9.80 Å². The monoisotopic (exact) mass is 734 g/mol. The zero-order valence-electron chi connectivity index (χ0n) is 33.3. The minimum atomic E-state index is -0.101. The smallest absolute Gasteiger partial charge is 0.0649 e. The van der Waals surface area contributed by atoms with Crippen molar-refractivity contribution in [3.05, 3.63) is 215 Å². The van der Waals surface area contributed by atoms with Crippen molar-refractivity contribution in [2.45, 2.75) is 50.5 Å². The van der Waals surface area contributed by atoms with E-state index < -0.39 is 0 Å². The van der Waals surface area contributed by atoms with Gasteiger partial charge in [0.05, 0.1) is 6.04 Å². The van der Waals surface area contributed by atoms with E-state index in [-0.39, 0.29) is 22.8 Å². The molecule has 1 heterocycles. The van der Waals surface area contributed by atoms with Crippen LogP contribution < -0.4 is 9.80 Å². The van der Waals surface area contributed by atoms with Gasteiger partial charge in [0.1, 0.15) is 0 Å². The Morgan fingerprint density at radius 2 is 0.947 bits per heavy atom. The summed E-state index contributed by atoms with van der Waals surface area (Å²) in [6, 6.07) is 66.4. The Balaban J connectivity index is 1.08. The van der Waals surface area contributed by atoms with Gasteiger partial charge in [-0.3, -0.25) is 0 Å². The van der Waals surface area contributed by atoms with Gasteiger partial charge in [-0.1, -0.05) is 161 Å². The van der Waals surface area contributed by atoms with Gasteiger partial charge in [0, 0.05) is 46.5 Å². The third-order valence-corrected chi connectivity index (χ3v) is 13.7. The fourth-order valence-corrected chi connectivity index (χ4v) is 10.8. The van der Waals surface area contributed by atoms with E-state index in [1.165, 1.54) is 89.0 Å². The highest BCUT2D eigenvalue weighted by Gasteiger charge is 2.41. The van der Waals surface area contributed by atoms with E-state index in [9.17, 15) is 0 Å². The van der Waals surface area contributed by atoms with Crippen molar-refractivity contribution in [1.29, 1.82) is 0 Å². The van der Waals surface area contributed by atoms with E-state index in [0.717, 1.165) is 5.69 Å². The van der Waals surface area contributed by atoms with E-state index in [2.05, 4.69) is 220 Å². The molecule has 8 aromatic rings. The Labute approximate surface area is 336 Å². The normalized spacial score (nSPS) is 17.8. The molecule has 3 aliphatic rings. The molecule has 0 aromatic heterocycles. The SMILES string of the molecule is CN1c2ccc3ccccc3c2C(c2ccc(N(c3ccc4c(c3)C(C)(C)c3ccccc3-4)c3ccc4c(c3)C(C)(C)c3ccccc3-4)cc2)C1c1ccccc1. The lowest BCUT2D eigenvalue weighted by molar-refractivity contribution is 0.641. The van der Waals surface area contributed by atoms with Crippen LogP contribution in [0.5, 0.6) is 0 Å². The van der Waals surface area contributed by atoms with E-state index in [1.807, 2.05) is 0 Å². The van der Waals surface area contributed by atoms with Gasteiger partial charge in [-0.2, -0.15) is 0 Å². The highest BCUT2D eigenvalue weighted by atomic mass is 15.2. The van der Waals surface area contributed by atoms with Gasteiger partial charge in [0.15, 0.2) is 0 Å². The first kappa shape index (κ1) is 33.9. The second kappa shape index (κ2) is 12.3. The van der Waals surface area contributed by atoms with Gasteiger partial charge in [-0.15, -0.1) is 0 Å². The van der Waals surface area contributed by atoms with Crippen molar-refractivity contribution >= 4 is 33.5 Å². The van der Waals surface area contributed by atoms with Crippen molar-refractivity contribution < 1.29 is 0 Å². The molecule has 0 saturated carbocycles. The maximum atomic E-state index is 2.50. The van der Waals surface area contributed by atoms with Gasteiger partial charge in [0.2, 0.25) is 0 Å². The molecule has 2 atom stereocenters. The molecule has 0 bridgehead atoms. The van der Waals surface area contributed by atoms with Gasteiger partial charge in [-0.05, 0) is 114 Å². The van der Waals surface area contributed by atoms with Gasteiger partial charge in [-0.25, -0.2) is 0 Å². The number of benzene rings is 8. The van der Waals surface area contributed by atoms with Gasteiger partial charge in [0.25, 0.3) is 0 Å². The van der Waals surface area contributed by atoms with Crippen LogP contribution >= 0.6 is 0 Å². The molecule has 8 aromatic carbocycles. The molecular weight excluding hydrogens is 689 g/mol. The molecule has 0 fully saturated rings. The van der Waals surface area contributed by atoms with Crippen LogP contribution in [-0.4, -0.2) is 7.05 Å². The molecule has 11 rings (SSSR count). The summed E-state index contributed by atoms with van der Waals surface area (Å²) in [5.74, 6) is 0.166. The second-order valence-electron chi connectivity index (χ2n) is 17.4. The van der Waals surface area contributed by atoms with E-state index in [1.54, 1.807) is 0 Å². The zero-order chi connectivity index (χ0) is 38.6. The Hall–Kier alpha value is -6.38. The van der Waals surface area contributed by atoms with Crippen LogP contribution in [0.4, 0.5) is 22.7 Å². The van der Waals surface area contributed by atoms with Crippen LogP contribution in [0.25, 0.3) is 33.0 Å². The van der Waals surface area contributed by atoms with Crippen LogP contribution in [0, 0.1) is 0 Å². The number of hydrogen-bond acceptors (Lipinski definition) is 2. The molecule has 0 saturated heterocycles. The lowest BCUT2D eigenvalue weighted by Gasteiger charge is -2.31. The molecule has 0 N–H and O–H groups in total. The molecule has 276 valence electrons. The van der Waals surface area contributed by atoms with Crippen LogP contribution in [-0.2, 0) is 10.8 Å². The molecular formula is C55H46N2. The fourth-order valence-electron chi connectivity index (χ4n) is 10.8. The molecule has 57 heavy (non-hydrogen) atoms. The first-order valence-corrected chi connectivity index (χ1v) is 20.4. The topological polar surface area (TPSA) is 6.48 Å². The van der Waals surface area contributed by atoms with Crippen LogP contribution in [0.3, 0.4) is 0 Å². The summed E-state index contributed by atoms with van der Waals surface area (Å²) in [6.45, 7) is 9.50. The molecule has 2 nitrogen and oxygen atoms in total. The molecule has 0 spiro atoms. The predicted molar refractivity (Wildman–Crippen MR) is 240 cm³/mol. The van der Waals surface area contributed by atoms with E-state index in [0.29, 0.717) is 0 Å².